The number of unbranched alkanes of at least 4 members (excludes halogenated alkanes) is 2. The van der Waals surface area contributed by atoms with Crippen molar-refractivity contribution < 1.29 is 29.0 Å². The first-order valence-electron chi connectivity index (χ1n) is 8.80. The molecule has 0 fully saturated rings. The molecule has 0 aliphatic carbocycles. The Hall–Kier alpha value is -1.28. The van der Waals surface area contributed by atoms with Gasteiger partial charge >= 0.3 is 17.9 Å². The number of carbonyl (C=O) groups excluding carboxylic acids is 2. The van der Waals surface area contributed by atoms with Crippen LogP contribution in [0.5, 0.6) is 0 Å². The first kappa shape index (κ1) is 23.7. The van der Waals surface area contributed by atoms with Crippen LogP contribution in [0, 0.1) is 0 Å². The van der Waals surface area contributed by atoms with Crippen molar-refractivity contribution in [1.82, 2.24) is 5.32 Å². The highest BCUT2D eigenvalue weighted by atomic mass is 32.2. The average Bonchev–Trinajstić information content (AvgIpc) is 2.56. The van der Waals surface area contributed by atoms with E-state index in [4.69, 9.17) is 14.6 Å². The van der Waals surface area contributed by atoms with Crippen LogP contribution in [0.2, 0.25) is 0 Å². The molecule has 7 nitrogen and oxygen atoms in total. The third-order valence-corrected chi connectivity index (χ3v) is 4.83. The van der Waals surface area contributed by atoms with E-state index in [2.05, 4.69) is 12.2 Å². The van der Waals surface area contributed by atoms with Crippen LogP contribution in [0.4, 0.5) is 0 Å². The lowest BCUT2D eigenvalue weighted by atomic mass is 10.1. The van der Waals surface area contributed by atoms with Crippen molar-refractivity contribution in [2.45, 2.75) is 70.7 Å². The van der Waals surface area contributed by atoms with Gasteiger partial charge in [0.05, 0.1) is 13.2 Å². The highest BCUT2D eigenvalue weighted by Gasteiger charge is 2.28. The quantitative estimate of drug-likeness (QED) is 0.351. The number of hydrogen-bond acceptors (Lipinski definition) is 7. The molecule has 0 saturated carbocycles. The fourth-order valence-corrected chi connectivity index (χ4v) is 3.29. The standard InChI is InChI=1S/C17H31NO6S/c1-5-8-9-10-14(17(22)24-7-3)25-11-13(16(21)23-6-2)18-12(4)15(19)20/h12-14,18H,5-11H2,1-4H3,(H,19,20)/t12?,13-,14?/m0/s1. The molecule has 3 atom stereocenters. The number of hydrogen-bond donors (Lipinski definition) is 2. The lowest BCUT2D eigenvalue weighted by molar-refractivity contribution is -0.146. The number of aliphatic carboxylic acids is 1. The monoisotopic (exact) mass is 377 g/mol. The Kier molecular flexibility index (Phi) is 13.2. The molecule has 146 valence electrons. The number of esters is 2. The van der Waals surface area contributed by atoms with Gasteiger partial charge < -0.3 is 14.6 Å². The van der Waals surface area contributed by atoms with Crippen LogP contribution in [0.25, 0.3) is 0 Å². The molecular formula is C17H31NO6S. The number of carbonyl (C=O) groups is 3. The molecule has 0 aliphatic rings. The van der Waals surface area contributed by atoms with Gasteiger partial charge in [0.2, 0.25) is 0 Å². The maximum atomic E-state index is 12.1. The molecule has 0 aromatic rings. The normalized spacial score (nSPS) is 14.4. The van der Waals surface area contributed by atoms with Crippen molar-refractivity contribution in [2.24, 2.45) is 0 Å². The van der Waals surface area contributed by atoms with Crippen LogP contribution in [0.1, 0.15) is 53.4 Å². The minimum absolute atomic E-state index is 0.209. The van der Waals surface area contributed by atoms with Crippen molar-refractivity contribution in [2.75, 3.05) is 19.0 Å². The minimum atomic E-state index is -1.05. The Labute approximate surface area is 154 Å². The van der Waals surface area contributed by atoms with Crippen LogP contribution < -0.4 is 5.32 Å². The first-order chi connectivity index (χ1) is 11.9. The summed E-state index contributed by atoms with van der Waals surface area (Å²) >= 11 is 1.31. The van der Waals surface area contributed by atoms with E-state index >= 15 is 0 Å². The van der Waals surface area contributed by atoms with Gasteiger partial charge in [-0.25, -0.2) is 0 Å². The Morgan fingerprint density at radius 3 is 2.16 bits per heavy atom. The van der Waals surface area contributed by atoms with Crippen LogP contribution in [-0.4, -0.2) is 59.3 Å². The second-order valence-electron chi connectivity index (χ2n) is 5.60. The van der Waals surface area contributed by atoms with Crippen molar-refractivity contribution in [3.63, 3.8) is 0 Å². The molecule has 0 amide bonds. The lowest BCUT2D eigenvalue weighted by Crippen LogP contribution is -2.48. The maximum Gasteiger partial charge on any atom is 0.324 e. The number of nitrogens with one attached hydrogen (secondary N) is 1. The van der Waals surface area contributed by atoms with Gasteiger partial charge in [-0.1, -0.05) is 26.2 Å². The van der Waals surface area contributed by atoms with E-state index in [0.29, 0.717) is 13.0 Å². The maximum absolute atomic E-state index is 12.1. The summed E-state index contributed by atoms with van der Waals surface area (Å²) in [5.41, 5.74) is 0. The highest BCUT2D eigenvalue weighted by molar-refractivity contribution is 8.00. The molecule has 0 aromatic heterocycles. The summed E-state index contributed by atoms with van der Waals surface area (Å²) in [6.45, 7) is 7.50. The third kappa shape index (κ3) is 10.3. The Morgan fingerprint density at radius 1 is 1.04 bits per heavy atom. The predicted octanol–water partition coefficient (Wildman–Crippen LogP) is 2.23. The van der Waals surface area contributed by atoms with E-state index in [-0.39, 0.29) is 23.6 Å². The number of ether oxygens (including phenoxy) is 2. The van der Waals surface area contributed by atoms with Gasteiger partial charge in [0, 0.05) is 5.75 Å². The molecule has 0 aromatic carbocycles. The van der Waals surface area contributed by atoms with E-state index in [1.54, 1.807) is 13.8 Å². The van der Waals surface area contributed by atoms with E-state index < -0.39 is 24.0 Å². The zero-order valence-corrected chi connectivity index (χ0v) is 16.4. The van der Waals surface area contributed by atoms with Crippen LogP contribution in [-0.2, 0) is 23.9 Å². The topological polar surface area (TPSA) is 102 Å². The molecule has 0 rings (SSSR count). The average molecular weight is 378 g/mol. The molecule has 0 radical (unpaired) electrons. The Balaban J connectivity index is 4.85. The number of carboxylic acid groups (broad SMARTS) is 1. The number of carboxylic acids is 1. The van der Waals surface area contributed by atoms with E-state index in [0.717, 1.165) is 19.3 Å². The fourth-order valence-electron chi connectivity index (χ4n) is 2.10. The molecule has 25 heavy (non-hydrogen) atoms. The van der Waals surface area contributed by atoms with Gasteiger partial charge in [0.25, 0.3) is 0 Å². The van der Waals surface area contributed by atoms with E-state index in [9.17, 15) is 14.4 Å². The first-order valence-corrected chi connectivity index (χ1v) is 9.85. The van der Waals surface area contributed by atoms with Gasteiger partial charge in [0.1, 0.15) is 17.3 Å². The van der Waals surface area contributed by atoms with Gasteiger partial charge in [-0.2, -0.15) is 0 Å². The van der Waals surface area contributed by atoms with Crippen molar-refractivity contribution in [3.05, 3.63) is 0 Å². The minimum Gasteiger partial charge on any atom is -0.480 e. The molecule has 2 unspecified atom stereocenters. The predicted molar refractivity (Wildman–Crippen MR) is 97.7 cm³/mol. The number of thioether (sulfide) groups is 1. The van der Waals surface area contributed by atoms with Crippen molar-refractivity contribution in [1.29, 1.82) is 0 Å². The summed E-state index contributed by atoms with van der Waals surface area (Å²) in [6.07, 6.45) is 3.63. The van der Waals surface area contributed by atoms with Gasteiger partial charge in [-0.05, 0) is 27.2 Å². The summed E-state index contributed by atoms with van der Waals surface area (Å²) in [4.78, 5) is 35.2. The van der Waals surface area contributed by atoms with Crippen molar-refractivity contribution in [3.8, 4) is 0 Å². The zero-order valence-electron chi connectivity index (χ0n) is 15.6. The number of rotatable bonds is 14. The molecular weight excluding hydrogens is 346 g/mol. The second kappa shape index (κ2) is 13.9. The Bertz CT molecular complexity index is 418. The van der Waals surface area contributed by atoms with Gasteiger partial charge in [-0.3, -0.25) is 19.7 Å². The molecule has 2 N–H and O–H groups in total. The van der Waals surface area contributed by atoms with Crippen LogP contribution >= 0.6 is 11.8 Å². The summed E-state index contributed by atoms with van der Waals surface area (Å²) in [5, 5.41) is 11.4. The van der Waals surface area contributed by atoms with E-state index in [1.807, 2.05) is 0 Å². The highest BCUT2D eigenvalue weighted by Crippen LogP contribution is 2.21. The fraction of sp³-hybridized carbons (Fsp3) is 0.824. The molecule has 0 spiro atoms. The van der Waals surface area contributed by atoms with Gasteiger partial charge in [-0.15, -0.1) is 11.8 Å². The SMILES string of the molecule is CCCCCC(SC[C@H](NC(C)C(=O)O)C(=O)OCC)C(=O)OCC. The van der Waals surface area contributed by atoms with Crippen LogP contribution in [0.15, 0.2) is 0 Å². The molecule has 0 saturated heterocycles. The molecule has 0 bridgehead atoms. The van der Waals surface area contributed by atoms with E-state index in [1.165, 1.54) is 18.7 Å². The molecule has 0 aliphatic heterocycles. The summed E-state index contributed by atoms with van der Waals surface area (Å²) in [5.74, 6) is -1.62. The van der Waals surface area contributed by atoms with Gasteiger partial charge in [0.15, 0.2) is 0 Å². The Morgan fingerprint density at radius 2 is 1.64 bits per heavy atom. The third-order valence-electron chi connectivity index (χ3n) is 3.48. The molecule has 0 heterocycles. The molecule has 8 heteroatoms. The summed E-state index contributed by atoms with van der Waals surface area (Å²) in [6, 6.07) is -1.68. The lowest BCUT2D eigenvalue weighted by Gasteiger charge is -2.22. The van der Waals surface area contributed by atoms with Crippen LogP contribution in [0.3, 0.4) is 0 Å². The van der Waals surface area contributed by atoms with Crippen molar-refractivity contribution >= 4 is 29.7 Å². The smallest absolute Gasteiger partial charge is 0.324 e. The summed E-state index contributed by atoms with van der Waals surface area (Å²) < 4.78 is 10.1. The summed E-state index contributed by atoms with van der Waals surface area (Å²) in [7, 11) is 0. The largest absolute Gasteiger partial charge is 0.480 e. The zero-order chi connectivity index (χ0) is 19.2. The second-order valence-corrected chi connectivity index (χ2v) is 6.84.